The standard InChI is InChI=1S/C14H22N2O5/c1-9(21-13(18)11-7-4-8-20-11)12(17)16-14(19)15-10-5-2-3-6-10/h9-11H,2-8H2,1H3,(H2,15,16,17,19)/t9-,11+/m0/s1. The Bertz CT molecular complexity index is 400. The largest absolute Gasteiger partial charge is 0.451 e. The van der Waals surface area contributed by atoms with Gasteiger partial charge in [0.15, 0.2) is 12.2 Å². The molecule has 3 amide bonds. The summed E-state index contributed by atoms with van der Waals surface area (Å²) in [6.07, 6.45) is 3.86. The highest BCUT2D eigenvalue weighted by Crippen LogP contribution is 2.17. The minimum absolute atomic E-state index is 0.127. The Morgan fingerprint density at radius 2 is 1.86 bits per heavy atom. The molecule has 21 heavy (non-hydrogen) atoms. The summed E-state index contributed by atoms with van der Waals surface area (Å²) in [6, 6.07) is -0.408. The quantitative estimate of drug-likeness (QED) is 0.751. The fourth-order valence-electron chi connectivity index (χ4n) is 2.57. The van der Waals surface area contributed by atoms with Crippen LogP contribution >= 0.6 is 0 Å². The third-order valence-electron chi connectivity index (χ3n) is 3.78. The van der Waals surface area contributed by atoms with Gasteiger partial charge in [0.05, 0.1) is 0 Å². The summed E-state index contributed by atoms with van der Waals surface area (Å²) in [5, 5.41) is 4.93. The molecule has 0 aromatic rings. The van der Waals surface area contributed by atoms with Crippen LogP contribution in [0.4, 0.5) is 4.79 Å². The van der Waals surface area contributed by atoms with E-state index in [1.54, 1.807) is 0 Å². The van der Waals surface area contributed by atoms with Crippen LogP contribution in [0.2, 0.25) is 0 Å². The van der Waals surface area contributed by atoms with Crippen molar-refractivity contribution < 1.29 is 23.9 Å². The predicted molar refractivity (Wildman–Crippen MR) is 73.5 cm³/mol. The second-order valence-electron chi connectivity index (χ2n) is 5.52. The van der Waals surface area contributed by atoms with Crippen molar-refractivity contribution in [3.8, 4) is 0 Å². The van der Waals surface area contributed by atoms with Gasteiger partial charge in [-0.15, -0.1) is 0 Å². The maximum Gasteiger partial charge on any atom is 0.336 e. The SMILES string of the molecule is C[C@H](OC(=O)[C@H]1CCCO1)C(=O)NC(=O)NC1CCCC1. The van der Waals surface area contributed by atoms with Gasteiger partial charge in [0, 0.05) is 12.6 Å². The van der Waals surface area contributed by atoms with Crippen molar-refractivity contribution in [1.82, 2.24) is 10.6 Å². The van der Waals surface area contributed by atoms with Crippen molar-refractivity contribution in [2.24, 2.45) is 0 Å². The minimum atomic E-state index is -1.02. The summed E-state index contributed by atoms with van der Waals surface area (Å²) >= 11 is 0. The number of hydrogen-bond acceptors (Lipinski definition) is 5. The average Bonchev–Trinajstić information content (AvgIpc) is 3.10. The van der Waals surface area contributed by atoms with Crippen LogP contribution in [0.1, 0.15) is 45.4 Å². The average molecular weight is 298 g/mol. The van der Waals surface area contributed by atoms with Crippen molar-refractivity contribution in [2.75, 3.05) is 6.61 Å². The molecule has 0 radical (unpaired) electrons. The van der Waals surface area contributed by atoms with E-state index in [1.165, 1.54) is 6.92 Å². The number of ether oxygens (including phenoxy) is 2. The summed E-state index contributed by atoms with van der Waals surface area (Å²) in [6.45, 7) is 1.97. The normalized spacial score (nSPS) is 23.6. The van der Waals surface area contributed by atoms with E-state index < -0.39 is 30.1 Å². The molecule has 0 bridgehead atoms. The first-order valence-corrected chi connectivity index (χ1v) is 7.49. The lowest BCUT2D eigenvalue weighted by Crippen LogP contribution is -2.47. The van der Waals surface area contributed by atoms with E-state index in [0.29, 0.717) is 13.0 Å². The summed E-state index contributed by atoms with van der Waals surface area (Å²) in [4.78, 5) is 35.1. The highest BCUT2D eigenvalue weighted by molar-refractivity contribution is 5.97. The molecular formula is C14H22N2O5. The van der Waals surface area contributed by atoms with Crippen LogP contribution in [0.15, 0.2) is 0 Å². The summed E-state index contributed by atoms with van der Waals surface area (Å²) in [5.74, 6) is -1.18. The van der Waals surface area contributed by atoms with E-state index in [-0.39, 0.29) is 6.04 Å². The van der Waals surface area contributed by atoms with Crippen molar-refractivity contribution in [3.05, 3.63) is 0 Å². The first kappa shape index (κ1) is 15.8. The first-order valence-electron chi connectivity index (χ1n) is 7.49. The Kier molecular flexibility index (Phi) is 5.55. The van der Waals surface area contributed by atoms with Crippen LogP contribution in [-0.4, -0.2) is 42.8 Å². The highest BCUT2D eigenvalue weighted by Gasteiger charge is 2.29. The number of urea groups is 1. The molecule has 2 fully saturated rings. The molecule has 0 aromatic carbocycles. The van der Waals surface area contributed by atoms with Gasteiger partial charge >= 0.3 is 12.0 Å². The zero-order chi connectivity index (χ0) is 15.2. The molecule has 0 unspecified atom stereocenters. The molecule has 7 nitrogen and oxygen atoms in total. The molecule has 7 heteroatoms. The van der Waals surface area contributed by atoms with E-state index >= 15 is 0 Å². The number of rotatable bonds is 4. The van der Waals surface area contributed by atoms with Crippen molar-refractivity contribution >= 4 is 17.9 Å². The molecule has 2 rings (SSSR count). The van der Waals surface area contributed by atoms with E-state index in [1.807, 2.05) is 0 Å². The van der Waals surface area contributed by atoms with Gasteiger partial charge in [-0.1, -0.05) is 12.8 Å². The Morgan fingerprint density at radius 3 is 2.48 bits per heavy atom. The van der Waals surface area contributed by atoms with Gasteiger partial charge in [0.25, 0.3) is 5.91 Å². The first-order chi connectivity index (χ1) is 10.1. The monoisotopic (exact) mass is 298 g/mol. The van der Waals surface area contributed by atoms with E-state index in [0.717, 1.165) is 32.1 Å². The fraction of sp³-hybridized carbons (Fsp3) is 0.786. The van der Waals surface area contributed by atoms with Gasteiger partial charge in [0.2, 0.25) is 0 Å². The molecule has 2 N–H and O–H groups in total. The fourth-order valence-corrected chi connectivity index (χ4v) is 2.57. The van der Waals surface area contributed by atoms with E-state index in [2.05, 4.69) is 10.6 Å². The van der Waals surface area contributed by atoms with Crippen molar-refractivity contribution in [3.63, 3.8) is 0 Å². The van der Waals surface area contributed by atoms with Gasteiger partial charge in [-0.3, -0.25) is 10.1 Å². The molecule has 1 aliphatic heterocycles. The molecule has 1 saturated carbocycles. The highest BCUT2D eigenvalue weighted by atomic mass is 16.6. The molecule has 118 valence electrons. The Balaban J connectivity index is 1.70. The van der Waals surface area contributed by atoms with Gasteiger partial charge in [-0.25, -0.2) is 9.59 Å². The molecule has 0 spiro atoms. The van der Waals surface area contributed by atoms with E-state index in [9.17, 15) is 14.4 Å². The lowest BCUT2D eigenvalue weighted by Gasteiger charge is -2.17. The van der Waals surface area contributed by atoms with Crippen molar-refractivity contribution in [1.29, 1.82) is 0 Å². The molecule has 1 aliphatic carbocycles. The van der Waals surface area contributed by atoms with Crippen LogP contribution in [0, 0.1) is 0 Å². The number of amides is 3. The lowest BCUT2D eigenvalue weighted by atomic mass is 10.2. The summed E-state index contributed by atoms with van der Waals surface area (Å²) in [7, 11) is 0. The maximum atomic E-state index is 11.8. The maximum absolute atomic E-state index is 11.8. The molecule has 2 atom stereocenters. The number of carbonyl (C=O) groups excluding carboxylic acids is 3. The predicted octanol–water partition coefficient (Wildman–Crippen LogP) is 0.865. The Labute approximate surface area is 123 Å². The third kappa shape index (κ3) is 4.70. The molecule has 2 aliphatic rings. The number of nitrogens with one attached hydrogen (secondary N) is 2. The van der Waals surface area contributed by atoms with Gasteiger partial charge < -0.3 is 14.8 Å². The molecule has 0 aromatic heterocycles. The van der Waals surface area contributed by atoms with Crippen LogP contribution in [0.3, 0.4) is 0 Å². The number of hydrogen-bond donors (Lipinski definition) is 2. The topological polar surface area (TPSA) is 93.7 Å². The summed E-state index contributed by atoms with van der Waals surface area (Å²) in [5.41, 5.74) is 0. The van der Waals surface area contributed by atoms with Gasteiger partial charge in [-0.05, 0) is 32.6 Å². The lowest BCUT2D eigenvalue weighted by molar-refractivity contribution is -0.163. The Morgan fingerprint density at radius 1 is 1.14 bits per heavy atom. The van der Waals surface area contributed by atoms with Crippen LogP contribution in [0.5, 0.6) is 0 Å². The van der Waals surface area contributed by atoms with Crippen LogP contribution in [-0.2, 0) is 19.1 Å². The zero-order valence-electron chi connectivity index (χ0n) is 12.2. The van der Waals surface area contributed by atoms with Crippen LogP contribution in [0.25, 0.3) is 0 Å². The number of carbonyl (C=O) groups is 3. The third-order valence-corrected chi connectivity index (χ3v) is 3.78. The molecule has 1 saturated heterocycles. The summed E-state index contributed by atoms with van der Waals surface area (Å²) < 4.78 is 10.2. The van der Waals surface area contributed by atoms with Crippen molar-refractivity contribution in [2.45, 2.75) is 63.7 Å². The number of imide groups is 1. The number of esters is 1. The Hall–Kier alpha value is -1.63. The zero-order valence-corrected chi connectivity index (χ0v) is 12.2. The second kappa shape index (κ2) is 7.40. The molecule has 1 heterocycles. The van der Waals surface area contributed by atoms with Gasteiger partial charge in [0.1, 0.15) is 0 Å². The smallest absolute Gasteiger partial charge is 0.336 e. The second-order valence-corrected chi connectivity index (χ2v) is 5.52. The minimum Gasteiger partial charge on any atom is -0.451 e. The van der Waals surface area contributed by atoms with E-state index in [4.69, 9.17) is 9.47 Å². The molecular weight excluding hydrogens is 276 g/mol. The van der Waals surface area contributed by atoms with Gasteiger partial charge in [-0.2, -0.15) is 0 Å². The van der Waals surface area contributed by atoms with Crippen LogP contribution < -0.4 is 10.6 Å².